The summed E-state index contributed by atoms with van der Waals surface area (Å²) in [4.78, 5) is 15.9. The number of carbonyl (C=O) groups is 1. The predicted octanol–water partition coefficient (Wildman–Crippen LogP) is 3.55. The highest BCUT2D eigenvalue weighted by molar-refractivity contribution is 6.34. The van der Waals surface area contributed by atoms with Gasteiger partial charge >= 0.3 is 0 Å². The van der Waals surface area contributed by atoms with Crippen LogP contribution in [-0.2, 0) is 17.6 Å². The van der Waals surface area contributed by atoms with E-state index in [1.807, 2.05) is 19.9 Å². The van der Waals surface area contributed by atoms with E-state index >= 15 is 0 Å². The molecule has 3 heterocycles. The number of nitrogens with one attached hydrogen (secondary N) is 1. The number of hydrogen-bond acceptors (Lipinski definition) is 3. The zero-order valence-corrected chi connectivity index (χ0v) is 13.9. The molecule has 1 amide bonds. The number of halogens is 2. The number of anilines is 1. The van der Waals surface area contributed by atoms with Crippen molar-refractivity contribution < 1.29 is 9.18 Å². The van der Waals surface area contributed by atoms with Crippen molar-refractivity contribution in [3.63, 3.8) is 0 Å². The van der Waals surface area contributed by atoms with E-state index in [1.54, 1.807) is 6.07 Å². The molecule has 1 aliphatic rings. The zero-order chi connectivity index (χ0) is 17.0. The minimum atomic E-state index is -0.410. The Hall–Kier alpha value is -2.47. The van der Waals surface area contributed by atoms with E-state index in [9.17, 15) is 9.18 Å². The molecule has 7 heteroatoms. The molecule has 0 saturated heterocycles. The van der Waals surface area contributed by atoms with Crippen molar-refractivity contribution in [3.05, 3.63) is 46.0 Å². The number of aryl methyl sites for hydroxylation is 2. The molecule has 0 spiro atoms. The fourth-order valence-electron chi connectivity index (χ4n) is 3.09. The van der Waals surface area contributed by atoms with Crippen molar-refractivity contribution in [2.24, 2.45) is 0 Å². The number of carbonyl (C=O) groups excluding carboxylic acids is 1. The molecule has 0 unspecified atom stereocenters. The van der Waals surface area contributed by atoms with Gasteiger partial charge in [-0.3, -0.25) is 4.79 Å². The fourth-order valence-corrected chi connectivity index (χ4v) is 3.38. The molecule has 4 rings (SSSR count). The molecular weight excluding hydrogens is 331 g/mol. The third-order valence-electron chi connectivity index (χ3n) is 4.17. The number of aromatic nitrogens is 3. The van der Waals surface area contributed by atoms with E-state index in [0.717, 1.165) is 22.4 Å². The van der Waals surface area contributed by atoms with Crippen LogP contribution in [0.3, 0.4) is 0 Å². The maximum atomic E-state index is 14.2. The van der Waals surface area contributed by atoms with Gasteiger partial charge in [0.25, 0.3) is 0 Å². The summed E-state index contributed by atoms with van der Waals surface area (Å²) in [6.45, 7) is 3.73. The molecule has 1 aliphatic heterocycles. The topological polar surface area (TPSA) is 59.3 Å². The maximum absolute atomic E-state index is 14.2. The fraction of sp³-hybridized carbons (Fsp3) is 0.235. The van der Waals surface area contributed by atoms with Crippen LogP contribution in [0.25, 0.3) is 16.9 Å². The molecule has 0 atom stereocenters. The first-order chi connectivity index (χ1) is 11.5. The summed E-state index contributed by atoms with van der Waals surface area (Å²) in [7, 11) is 0. The number of nitrogens with zero attached hydrogens (tertiary/aromatic N) is 3. The summed E-state index contributed by atoms with van der Waals surface area (Å²) < 4.78 is 15.8. The Bertz CT molecular complexity index is 1010. The standard InChI is InChI=1S/C17H14ClFN4O/c1-3-13-20-17-12(19)4-8(2)16(23(17)22-13)10-5-9-7-14(24)21-15(9)11(18)6-10/h4-6H,3,7H2,1-2H3,(H,21,24). The highest BCUT2D eigenvalue weighted by Gasteiger charge is 2.23. The lowest BCUT2D eigenvalue weighted by Crippen LogP contribution is -2.03. The minimum absolute atomic E-state index is 0.0842. The van der Waals surface area contributed by atoms with Crippen LogP contribution in [0.5, 0.6) is 0 Å². The van der Waals surface area contributed by atoms with Crippen LogP contribution in [-0.4, -0.2) is 20.5 Å². The van der Waals surface area contributed by atoms with Gasteiger partial charge in [0.2, 0.25) is 5.91 Å². The van der Waals surface area contributed by atoms with Crippen LogP contribution in [0.15, 0.2) is 18.2 Å². The molecule has 0 saturated carbocycles. The van der Waals surface area contributed by atoms with Gasteiger partial charge in [-0.2, -0.15) is 5.10 Å². The van der Waals surface area contributed by atoms with E-state index in [0.29, 0.717) is 23.0 Å². The summed E-state index contributed by atoms with van der Waals surface area (Å²) in [5.74, 6) is 0.0800. The van der Waals surface area contributed by atoms with Crippen LogP contribution in [0.4, 0.5) is 10.1 Å². The first-order valence-electron chi connectivity index (χ1n) is 7.65. The van der Waals surface area contributed by atoms with Gasteiger partial charge in [0, 0.05) is 12.0 Å². The molecular formula is C17H14ClFN4O. The number of amides is 1. The van der Waals surface area contributed by atoms with Gasteiger partial charge in [0.15, 0.2) is 17.3 Å². The van der Waals surface area contributed by atoms with Gasteiger partial charge in [0.05, 0.1) is 22.8 Å². The van der Waals surface area contributed by atoms with Crippen molar-refractivity contribution in [1.82, 2.24) is 14.6 Å². The number of pyridine rings is 1. The molecule has 24 heavy (non-hydrogen) atoms. The molecule has 1 aromatic carbocycles. The second kappa shape index (κ2) is 5.27. The van der Waals surface area contributed by atoms with E-state index in [4.69, 9.17) is 11.6 Å². The Morgan fingerprint density at radius 1 is 1.38 bits per heavy atom. The summed E-state index contributed by atoms with van der Waals surface area (Å²) >= 11 is 6.32. The molecule has 0 fully saturated rings. The average Bonchev–Trinajstić information content (AvgIpc) is 3.10. The van der Waals surface area contributed by atoms with Crippen LogP contribution in [0.1, 0.15) is 23.9 Å². The van der Waals surface area contributed by atoms with Crippen molar-refractivity contribution >= 4 is 28.8 Å². The predicted molar refractivity (Wildman–Crippen MR) is 89.8 cm³/mol. The van der Waals surface area contributed by atoms with Gasteiger partial charge in [-0.1, -0.05) is 18.5 Å². The Balaban J connectivity index is 2.01. The third-order valence-corrected chi connectivity index (χ3v) is 4.47. The summed E-state index contributed by atoms with van der Waals surface area (Å²) in [6.07, 6.45) is 0.896. The Morgan fingerprint density at radius 3 is 2.92 bits per heavy atom. The van der Waals surface area contributed by atoms with Crippen LogP contribution in [0, 0.1) is 12.7 Å². The van der Waals surface area contributed by atoms with Gasteiger partial charge < -0.3 is 5.32 Å². The number of fused-ring (bicyclic) bond motifs is 2. The minimum Gasteiger partial charge on any atom is -0.324 e. The second-order valence-electron chi connectivity index (χ2n) is 5.86. The maximum Gasteiger partial charge on any atom is 0.228 e. The molecule has 0 radical (unpaired) electrons. The molecule has 122 valence electrons. The Labute approximate surface area is 142 Å². The first kappa shape index (κ1) is 15.1. The monoisotopic (exact) mass is 344 g/mol. The molecule has 0 aliphatic carbocycles. The van der Waals surface area contributed by atoms with Crippen molar-refractivity contribution in [2.45, 2.75) is 26.7 Å². The van der Waals surface area contributed by atoms with E-state index in [2.05, 4.69) is 15.4 Å². The van der Waals surface area contributed by atoms with Crippen LogP contribution in [0.2, 0.25) is 5.02 Å². The smallest absolute Gasteiger partial charge is 0.228 e. The van der Waals surface area contributed by atoms with Gasteiger partial charge in [-0.15, -0.1) is 0 Å². The molecule has 0 bridgehead atoms. The third kappa shape index (κ3) is 2.17. The largest absolute Gasteiger partial charge is 0.324 e. The highest BCUT2D eigenvalue weighted by Crippen LogP contribution is 2.37. The number of hydrogen-bond donors (Lipinski definition) is 1. The quantitative estimate of drug-likeness (QED) is 0.773. The van der Waals surface area contributed by atoms with E-state index in [1.165, 1.54) is 10.6 Å². The first-order valence-corrected chi connectivity index (χ1v) is 8.03. The summed E-state index contributed by atoms with van der Waals surface area (Å²) in [5.41, 5.74) is 3.90. The normalized spacial score (nSPS) is 13.4. The Morgan fingerprint density at radius 2 is 2.17 bits per heavy atom. The lowest BCUT2D eigenvalue weighted by molar-refractivity contribution is -0.115. The summed E-state index contributed by atoms with van der Waals surface area (Å²) in [5, 5.41) is 7.62. The highest BCUT2D eigenvalue weighted by atomic mass is 35.5. The molecule has 5 nitrogen and oxygen atoms in total. The molecule has 1 N–H and O–H groups in total. The van der Waals surface area contributed by atoms with Crippen molar-refractivity contribution in [1.29, 1.82) is 0 Å². The Kier molecular flexibility index (Phi) is 3.31. The van der Waals surface area contributed by atoms with Crippen molar-refractivity contribution in [2.75, 3.05) is 5.32 Å². The number of benzene rings is 1. The second-order valence-corrected chi connectivity index (χ2v) is 6.27. The van der Waals surface area contributed by atoms with Crippen LogP contribution < -0.4 is 5.32 Å². The van der Waals surface area contributed by atoms with Crippen LogP contribution >= 0.6 is 11.6 Å². The zero-order valence-electron chi connectivity index (χ0n) is 13.2. The van der Waals surface area contributed by atoms with E-state index < -0.39 is 5.82 Å². The van der Waals surface area contributed by atoms with E-state index in [-0.39, 0.29) is 18.0 Å². The molecule has 2 aromatic heterocycles. The lowest BCUT2D eigenvalue weighted by Gasteiger charge is -2.11. The van der Waals surface area contributed by atoms with Gasteiger partial charge in [-0.05, 0) is 36.2 Å². The van der Waals surface area contributed by atoms with Gasteiger partial charge in [0.1, 0.15) is 0 Å². The SMILES string of the molecule is CCc1nc2c(F)cc(C)c(-c3cc(Cl)c4c(c3)CC(=O)N4)n2n1. The molecule has 3 aromatic rings. The number of rotatable bonds is 2. The average molecular weight is 345 g/mol. The summed E-state index contributed by atoms with van der Waals surface area (Å²) in [6, 6.07) is 5.11. The lowest BCUT2D eigenvalue weighted by atomic mass is 10.0. The van der Waals surface area contributed by atoms with Gasteiger partial charge in [-0.25, -0.2) is 13.9 Å². The van der Waals surface area contributed by atoms with Crippen molar-refractivity contribution in [3.8, 4) is 11.3 Å².